The Kier molecular flexibility index (Phi) is 5.94. The van der Waals surface area contributed by atoms with Crippen molar-refractivity contribution in [1.82, 2.24) is 9.80 Å². The largest absolute Gasteiger partial charge is 0.423 e. The van der Waals surface area contributed by atoms with Gasteiger partial charge in [-0.25, -0.2) is 4.79 Å². The molecule has 6 heteroatoms. The molecule has 1 atom stereocenters. The van der Waals surface area contributed by atoms with Gasteiger partial charge >= 0.3 is 5.63 Å². The molecule has 0 amide bonds. The highest BCUT2D eigenvalue weighted by atomic mass is 16.4. The minimum absolute atomic E-state index is 0.219. The van der Waals surface area contributed by atoms with Gasteiger partial charge < -0.3 is 14.2 Å². The molecule has 0 spiro atoms. The Morgan fingerprint density at radius 2 is 1.82 bits per heavy atom. The first-order valence-corrected chi connectivity index (χ1v) is 12.3. The number of hydrogen-bond donors (Lipinski definition) is 0. The molecular formula is C28H34N4O2. The molecule has 3 aliphatic rings. The van der Waals surface area contributed by atoms with Crippen LogP contribution in [0.25, 0.3) is 16.3 Å². The lowest BCUT2D eigenvalue weighted by atomic mass is 9.95. The number of rotatable bonds is 3. The van der Waals surface area contributed by atoms with Gasteiger partial charge in [0.2, 0.25) is 0 Å². The van der Waals surface area contributed by atoms with Crippen molar-refractivity contribution in [3.63, 3.8) is 0 Å². The van der Waals surface area contributed by atoms with Crippen LogP contribution in [0.5, 0.6) is 0 Å². The summed E-state index contributed by atoms with van der Waals surface area (Å²) in [6.45, 7) is 14.7. The first-order chi connectivity index (χ1) is 16.3. The normalized spacial score (nSPS) is 21.6. The number of piperazine rings is 1. The van der Waals surface area contributed by atoms with Crippen molar-refractivity contribution in [3.05, 3.63) is 70.3 Å². The zero-order valence-corrected chi connectivity index (χ0v) is 20.8. The summed E-state index contributed by atoms with van der Waals surface area (Å²) in [5.74, 6) is 0.862. The third-order valence-electron chi connectivity index (χ3n) is 7.23. The van der Waals surface area contributed by atoms with E-state index in [1.54, 1.807) is 0 Å². The van der Waals surface area contributed by atoms with E-state index in [0.29, 0.717) is 17.2 Å². The zero-order valence-electron chi connectivity index (χ0n) is 20.8. The molecule has 1 aromatic carbocycles. The topological polar surface area (TPSA) is 52.3 Å². The van der Waals surface area contributed by atoms with Crippen LogP contribution >= 0.6 is 0 Å². The molecular weight excluding hydrogens is 424 g/mol. The van der Waals surface area contributed by atoms with Crippen LogP contribution in [0.3, 0.4) is 0 Å². The van der Waals surface area contributed by atoms with Crippen LogP contribution in [0.4, 0.5) is 5.69 Å². The summed E-state index contributed by atoms with van der Waals surface area (Å²) in [6.07, 6.45) is 7.21. The average molecular weight is 459 g/mol. The lowest BCUT2D eigenvalue weighted by Crippen LogP contribution is -2.48. The van der Waals surface area contributed by atoms with E-state index in [1.807, 2.05) is 32.2 Å². The highest BCUT2D eigenvalue weighted by Crippen LogP contribution is 2.34. The molecule has 0 bridgehead atoms. The van der Waals surface area contributed by atoms with E-state index in [4.69, 9.17) is 4.42 Å². The lowest BCUT2D eigenvalue weighted by molar-refractivity contribution is 0.209. The lowest BCUT2D eigenvalue weighted by Gasteiger charge is -2.38. The predicted molar refractivity (Wildman–Crippen MR) is 140 cm³/mol. The molecule has 1 saturated heterocycles. The van der Waals surface area contributed by atoms with E-state index in [9.17, 15) is 4.79 Å². The Balaban J connectivity index is 1.47. The van der Waals surface area contributed by atoms with Gasteiger partial charge in [-0.15, -0.1) is 0 Å². The Hall–Kier alpha value is -3.12. The van der Waals surface area contributed by atoms with Crippen LogP contribution in [0, 0.1) is 5.92 Å². The summed E-state index contributed by atoms with van der Waals surface area (Å²) in [4.78, 5) is 24.7. The Morgan fingerprint density at radius 1 is 1.06 bits per heavy atom. The molecule has 0 N–H and O–H groups in total. The van der Waals surface area contributed by atoms with Crippen molar-refractivity contribution in [1.29, 1.82) is 0 Å². The smallest absolute Gasteiger partial charge is 0.344 e. The first kappa shape index (κ1) is 22.7. The number of allylic oxidation sites excluding steroid dienone is 4. The van der Waals surface area contributed by atoms with Crippen LogP contribution < -0.4 is 10.5 Å². The van der Waals surface area contributed by atoms with Gasteiger partial charge in [0.25, 0.3) is 0 Å². The van der Waals surface area contributed by atoms with Gasteiger partial charge in [-0.2, -0.15) is 0 Å². The number of benzene rings is 1. The molecule has 1 fully saturated rings. The minimum atomic E-state index is -0.274. The van der Waals surface area contributed by atoms with Gasteiger partial charge in [0, 0.05) is 55.9 Å². The molecule has 2 aromatic rings. The van der Waals surface area contributed by atoms with E-state index in [1.165, 1.54) is 0 Å². The Morgan fingerprint density at radius 3 is 2.56 bits per heavy atom. The number of hydrogen-bond acceptors (Lipinski definition) is 6. The fourth-order valence-electron chi connectivity index (χ4n) is 5.18. The van der Waals surface area contributed by atoms with E-state index < -0.39 is 0 Å². The molecule has 6 nitrogen and oxygen atoms in total. The van der Waals surface area contributed by atoms with Crippen LogP contribution in [0.15, 0.2) is 68.3 Å². The molecule has 4 heterocycles. The van der Waals surface area contributed by atoms with E-state index in [0.717, 1.165) is 66.4 Å². The summed E-state index contributed by atoms with van der Waals surface area (Å²) in [5.41, 5.74) is 4.91. The summed E-state index contributed by atoms with van der Waals surface area (Å²) >= 11 is 0. The fourth-order valence-corrected chi connectivity index (χ4v) is 5.18. The maximum atomic E-state index is 13.1. The number of nitrogens with zero attached hydrogens (tertiary/aromatic N) is 4. The van der Waals surface area contributed by atoms with Gasteiger partial charge in [-0.1, -0.05) is 19.1 Å². The molecule has 1 aromatic heterocycles. The Bertz CT molecular complexity index is 1290. The second kappa shape index (κ2) is 8.91. The van der Waals surface area contributed by atoms with E-state index in [2.05, 4.69) is 64.9 Å². The maximum absolute atomic E-state index is 13.1. The Labute approximate surface area is 201 Å². The van der Waals surface area contributed by atoms with Crippen LogP contribution in [0.1, 0.15) is 46.8 Å². The highest BCUT2D eigenvalue weighted by molar-refractivity contribution is 5.99. The first-order valence-electron chi connectivity index (χ1n) is 12.3. The summed E-state index contributed by atoms with van der Waals surface area (Å²) in [6, 6.07) is 8.78. The van der Waals surface area contributed by atoms with Crippen LogP contribution in [0.2, 0.25) is 0 Å². The summed E-state index contributed by atoms with van der Waals surface area (Å²) in [5, 5.41) is 1.56. The minimum Gasteiger partial charge on any atom is -0.423 e. The van der Waals surface area contributed by atoms with Gasteiger partial charge in [0.15, 0.2) is 0 Å². The van der Waals surface area contributed by atoms with Gasteiger partial charge in [0.05, 0.1) is 22.5 Å². The van der Waals surface area contributed by atoms with Crippen molar-refractivity contribution in [2.24, 2.45) is 10.9 Å². The van der Waals surface area contributed by atoms with Crippen molar-refractivity contribution in [2.75, 3.05) is 31.1 Å². The van der Waals surface area contributed by atoms with Crippen molar-refractivity contribution < 1.29 is 4.42 Å². The molecule has 34 heavy (non-hydrogen) atoms. The quantitative estimate of drug-likeness (QED) is 0.631. The maximum Gasteiger partial charge on any atom is 0.344 e. The molecule has 5 rings (SSSR count). The molecule has 1 unspecified atom stereocenters. The second-order valence-electron chi connectivity index (χ2n) is 9.97. The standard InChI is InChI=1S/C28H34N4O2/c1-18(2)30-10-12-31(13-11-30)23-8-7-22-14-27(34-28(33)24(22)15-23)25-17-32-16-20(4)29-21(5)26(32)9-6-19(25)3/h7-9,14-19H,6,10-13H2,1-5H3. The number of fused-ring (bicyclic) bond motifs is 2. The second-order valence-corrected chi connectivity index (χ2v) is 9.97. The van der Waals surface area contributed by atoms with Crippen molar-refractivity contribution in [2.45, 2.75) is 47.1 Å². The van der Waals surface area contributed by atoms with Gasteiger partial charge in [-0.05, 0) is 63.6 Å². The van der Waals surface area contributed by atoms with E-state index >= 15 is 0 Å². The molecule has 0 radical (unpaired) electrons. The van der Waals surface area contributed by atoms with Crippen LogP contribution in [-0.4, -0.2) is 47.7 Å². The fraction of sp³-hybridized carbons (Fsp3) is 0.429. The van der Waals surface area contributed by atoms with Gasteiger partial charge in [-0.3, -0.25) is 9.89 Å². The van der Waals surface area contributed by atoms with Crippen molar-refractivity contribution in [3.8, 4) is 0 Å². The summed E-state index contributed by atoms with van der Waals surface area (Å²) < 4.78 is 5.93. The molecule has 178 valence electrons. The zero-order chi connectivity index (χ0) is 24.0. The molecule has 0 aliphatic carbocycles. The average Bonchev–Trinajstić information content (AvgIpc) is 2.98. The van der Waals surface area contributed by atoms with Gasteiger partial charge in [0.1, 0.15) is 5.76 Å². The highest BCUT2D eigenvalue weighted by Gasteiger charge is 2.24. The molecule has 3 aliphatic heterocycles. The van der Waals surface area contributed by atoms with Crippen LogP contribution in [-0.2, 0) is 0 Å². The third-order valence-corrected chi connectivity index (χ3v) is 7.23. The predicted octanol–water partition coefficient (Wildman–Crippen LogP) is 5.23. The third kappa shape index (κ3) is 4.23. The number of aliphatic imine (C=N–C) groups is 1. The summed E-state index contributed by atoms with van der Waals surface area (Å²) in [7, 11) is 0. The number of anilines is 1. The SMILES string of the molecule is CC1=CN2C=C(c3cc4ccc(N5CCN(C(C)C)CC5)cc4c(=O)o3)C(C)CC=C2C(C)=N1. The monoisotopic (exact) mass is 458 g/mol. The molecule has 0 saturated carbocycles. The van der Waals surface area contributed by atoms with E-state index in [-0.39, 0.29) is 11.5 Å². The van der Waals surface area contributed by atoms with Crippen molar-refractivity contribution >= 4 is 27.7 Å².